The summed E-state index contributed by atoms with van der Waals surface area (Å²) in [5.41, 5.74) is 5.62. The first-order valence-electron chi connectivity index (χ1n) is 5.78. The minimum absolute atomic E-state index is 0. The molecule has 1 aromatic rings. The molecule has 0 saturated carbocycles. The lowest BCUT2D eigenvalue weighted by molar-refractivity contribution is -0.380. The topological polar surface area (TPSA) is 89.5 Å². The molecule has 0 bridgehead atoms. The number of halogens is 1. The SMILES string of the molecule is CC1CC(CN)CN1C(=O)c1ccc([N+](=O)[O-])s1.Cl. The average molecular weight is 306 g/mol. The molecule has 0 spiro atoms. The van der Waals surface area contributed by atoms with Gasteiger partial charge in [-0.05, 0) is 31.9 Å². The van der Waals surface area contributed by atoms with Gasteiger partial charge in [0.2, 0.25) is 0 Å². The van der Waals surface area contributed by atoms with Crippen molar-refractivity contribution in [2.75, 3.05) is 13.1 Å². The van der Waals surface area contributed by atoms with E-state index in [0.717, 1.165) is 17.8 Å². The van der Waals surface area contributed by atoms with Crippen molar-refractivity contribution in [3.05, 3.63) is 27.1 Å². The lowest BCUT2D eigenvalue weighted by atomic mass is 10.1. The molecule has 1 aromatic heterocycles. The molecule has 2 atom stereocenters. The number of carbonyl (C=O) groups is 1. The number of rotatable bonds is 3. The van der Waals surface area contributed by atoms with Crippen LogP contribution in [0, 0.1) is 16.0 Å². The maximum Gasteiger partial charge on any atom is 0.324 e. The van der Waals surface area contributed by atoms with Gasteiger partial charge in [-0.2, -0.15) is 0 Å². The van der Waals surface area contributed by atoms with Crippen molar-refractivity contribution < 1.29 is 9.72 Å². The Hall–Kier alpha value is -1.18. The van der Waals surface area contributed by atoms with E-state index in [1.807, 2.05) is 6.92 Å². The highest BCUT2D eigenvalue weighted by Crippen LogP contribution is 2.29. The number of carbonyl (C=O) groups excluding carboxylic acids is 1. The Morgan fingerprint density at radius 3 is 2.79 bits per heavy atom. The number of hydrogen-bond donors (Lipinski definition) is 1. The molecule has 1 fully saturated rings. The number of nitrogens with zero attached hydrogens (tertiary/aromatic N) is 2. The summed E-state index contributed by atoms with van der Waals surface area (Å²) < 4.78 is 0. The van der Waals surface area contributed by atoms with Crippen LogP contribution in [0.4, 0.5) is 5.00 Å². The zero-order valence-electron chi connectivity index (χ0n) is 10.4. The summed E-state index contributed by atoms with van der Waals surface area (Å²) in [6.07, 6.45) is 0.899. The lowest BCUT2D eigenvalue weighted by Gasteiger charge is -2.20. The first-order chi connectivity index (χ1) is 8.52. The maximum absolute atomic E-state index is 12.2. The van der Waals surface area contributed by atoms with Gasteiger partial charge in [0, 0.05) is 18.7 Å². The average Bonchev–Trinajstić information content (AvgIpc) is 2.94. The lowest BCUT2D eigenvalue weighted by Crippen LogP contribution is -2.33. The summed E-state index contributed by atoms with van der Waals surface area (Å²) in [6.45, 7) is 3.19. The van der Waals surface area contributed by atoms with Crippen LogP contribution in [0.1, 0.15) is 23.0 Å². The second kappa shape index (κ2) is 6.31. The van der Waals surface area contributed by atoms with Crippen molar-refractivity contribution in [2.24, 2.45) is 11.7 Å². The third-order valence-corrected chi connectivity index (χ3v) is 4.26. The molecule has 2 rings (SSSR count). The number of nitro groups is 1. The molecule has 0 radical (unpaired) electrons. The van der Waals surface area contributed by atoms with Crippen molar-refractivity contribution in [3.63, 3.8) is 0 Å². The Labute approximate surface area is 121 Å². The van der Waals surface area contributed by atoms with Crippen molar-refractivity contribution >= 4 is 34.7 Å². The monoisotopic (exact) mass is 305 g/mol. The predicted octanol–water partition coefficient (Wildman–Crippen LogP) is 1.89. The molecule has 2 heterocycles. The van der Waals surface area contributed by atoms with E-state index in [2.05, 4.69) is 0 Å². The zero-order valence-corrected chi connectivity index (χ0v) is 12.1. The normalized spacial score (nSPS) is 22.1. The van der Waals surface area contributed by atoms with E-state index in [1.165, 1.54) is 12.1 Å². The first kappa shape index (κ1) is 15.9. The van der Waals surface area contributed by atoms with Crippen LogP contribution in [0.25, 0.3) is 0 Å². The smallest absolute Gasteiger partial charge is 0.324 e. The van der Waals surface area contributed by atoms with Crippen LogP contribution in [0.3, 0.4) is 0 Å². The number of nitrogens with two attached hydrogens (primary N) is 1. The number of likely N-dealkylation sites (tertiary alicyclic amines) is 1. The van der Waals surface area contributed by atoms with Crippen LogP contribution >= 0.6 is 23.7 Å². The van der Waals surface area contributed by atoms with Gasteiger partial charge in [-0.25, -0.2) is 0 Å². The Balaban J connectivity index is 0.00000180. The largest absolute Gasteiger partial charge is 0.335 e. The third-order valence-electron chi connectivity index (χ3n) is 3.24. The van der Waals surface area contributed by atoms with Crippen molar-refractivity contribution in [1.82, 2.24) is 4.90 Å². The highest BCUT2D eigenvalue weighted by molar-refractivity contribution is 7.17. The van der Waals surface area contributed by atoms with Crippen LogP contribution in [0.2, 0.25) is 0 Å². The number of thiophene rings is 1. The molecule has 1 aliphatic rings. The van der Waals surface area contributed by atoms with Gasteiger partial charge in [0.1, 0.15) is 0 Å². The highest BCUT2D eigenvalue weighted by Gasteiger charge is 2.33. The number of amides is 1. The van der Waals surface area contributed by atoms with Gasteiger partial charge in [-0.15, -0.1) is 12.4 Å². The molecule has 106 valence electrons. The van der Waals surface area contributed by atoms with E-state index in [1.54, 1.807) is 4.90 Å². The second-order valence-electron chi connectivity index (χ2n) is 4.54. The standard InChI is InChI=1S/C11H15N3O3S.ClH/c1-7-4-8(5-12)6-13(7)11(15)9-2-3-10(18-9)14(16)17;/h2-3,7-8H,4-6,12H2,1H3;1H. The summed E-state index contributed by atoms with van der Waals surface area (Å²) in [4.78, 5) is 24.5. The molecule has 6 nitrogen and oxygen atoms in total. The molecule has 19 heavy (non-hydrogen) atoms. The summed E-state index contributed by atoms with van der Waals surface area (Å²) in [6, 6.07) is 3.04. The fraction of sp³-hybridized carbons (Fsp3) is 0.545. The molecule has 1 aliphatic heterocycles. The van der Waals surface area contributed by atoms with Crippen LogP contribution in [0.15, 0.2) is 12.1 Å². The van der Waals surface area contributed by atoms with Crippen molar-refractivity contribution in [2.45, 2.75) is 19.4 Å². The summed E-state index contributed by atoms with van der Waals surface area (Å²) in [5, 5.41) is 10.6. The zero-order chi connectivity index (χ0) is 13.3. The molecule has 1 amide bonds. The summed E-state index contributed by atoms with van der Waals surface area (Å²) in [7, 11) is 0. The van der Waals surface area contributed by atoms with Gasteiger partial charge in [0.05, 0.1) is 9.80 Å². The molecular weight excluding hydrogens is 290 g/mol. The molecule has 8 heteroatoms. The Bertz CT molecular complexity index is 480. The van der Waals surface area contributed by atoms with Gasteiger partial charge >= 0.3 is 5.00 Å². The minimum Gasteiger partial charge on any atom is -0.335 e. The van der Waals surface area contributed by atoms with Gasteiger partial charge in [-0.1, -0.05) is 11.3 Å². The predicted molar refractivity (Wildman–Crippen MR) is 75.9 cm³/mol. The van der Waals surface area contributed by atoms with E-state index in [-0.39, 0.29) is 29.4 Å². The second-order valence-corrected chi connectivity index (χ2v) is 5.60. The minimum atomic E-state index is -0.475. The van der Waals surface area contributed by atoms with Crippen LogP contribution < -0.4 is 5.73 Å². The fourth-order valence-electron chi connectivity index (χ4n) is 2.28. The Morgan fingerprint density at radius 1 is 1.63 bits per heavy atom. The van der Waals surface area contributed by atoms with Crippen LogP contribution in [0.5, 0.6) is 0 Å². The van der Waals surface area contributed by atoms with E-state index in [9.17, 15) is 14.9 Å². The van der Waals surface area contributed by atoms with E-state index in [4.69, 9.17) is 5.73 Å². The molecule has 2 N–H and O–H groups in total. The van der Waals surface area contributed by atoms with Crippen molar-refractivity contribution in [1.29, 1.82) is 0 Å². The maximum atomic E-state index is 12.2. The van der Waals surface area contributed by atoms with E-state index < -0.39 is 4.92 Å². The molecule has 2 unspecified atom stereocenters. The number of hydrogen-bond acceptors (Lipinski definition) is 5. The van der Waals surface area contributed by atoms with Crippen LogP contribution in [-0.4, -0.2) is 34.9 Å². The van der Waals surface area contributed by atoms with Gasteiger partial charge < -0.3 is 10.6 Å². The quantitative estimate of drug-likeness (QED) is 0.682. The Morgan fingerprint density at radius 2 is 2.32 bits per heavy atom. The third kappa shape index (κ3) is 3.23. The van der Waals surface area contributed by atoms with E-state index in [0.29, 0.717) is 23.9 Å². The first-order valence-corrected chi connectivity index (χ1v) is 6.59. The summed E-state index contributed by atoms with van der Waals surface area (Å²) in [5.74, 6) is 0.204. The highest BCUT2D eigenvalue weighted by atomic mass is 35.5. The fourth-order valence-corrected chi connectivity index (χ4v) is 3.05. The van der Waals surface area contributed by atoms with Crippen LogP contribution in [-0.2, 0) is 0 Å². The Kier molecular flexibility index (Phi) is 5.28. The van der Waals surface area contributed by atoms with Crippen molar-refractivity contribution in [3.8, 4) is 0 Å². The molecule has 1 saturated heterocycles. The summed E-state index contributed by atoms with van der Waals surface area (Å²) >= 11 is 0.925. The van der Waals surface area contributed by atoms with Gasteiger partial charge in [0.25, 0.3) is 5.91 Å². The molecular formula is C11H16ClN3O3S. The van der Waals surface area contributed by atoms with Gasteiger partial charge in [-0.3, -0.25) is 14.9 Å². The van der Waals surface area contributed by atoms with E-state index >= 15 is 0 Å². The molecule has 0 aliphatic carbocycles. The van der Waals surface area contributed by atoms with Gasteiger partial charge in [0.15, 0.2) is 0 Å². The molecule has 0 aromatic carbocycles.